The molecular formula is C21H19ClN6O3. The summed E-state index contributed by atoms with van der Waals surface area (Å²) in [7, 11) is 0. The third-order valence-electron chi connectivity index (χ3n) is 4.63. The van der Waals surface area contributed by atoms with E-state index < -0.39 is 0 Å². The van der Waals surface area contributed by atoms with E-state index in [1.54, 1.807) is 48.5 Å². The molecule has 10 heteroatoms. The second kappa shape index (κ2) is 8.97. The van der Waals surface area contributed by atoms with Gasteiger partial charge in [-0.05, 0) is 43.3 Å². The number of carbonyl (C=O) groups excluding carboxylic acids is 1. The number of benzene rings is 2. The monoisotopic (exact) mass is 438 g/mol. The van der Waals surface area contributed by atoms with Crippen molar-refractivity contribution in [2.75, 3.05) is 5.43 Å². The van der Waals surface area contributed by atoms with Crippen LogP contribution >= 0.6 is 11.6 Å². The first kappa shape index (κ1) is 20.5. The lowest BCUT2D eigenvalue weighted by Gasteiger charge is -2.13. The number of aryl methyl sites for hydroxylation is 1. The van der Waals surface area contributed by atoms with Crippen LogP contribution in [0, 0.1) is 0 Å². The molecule has 2 aromatic heterocycles. The summed E-state index contributed by atoms with van der Waals surface area (Å²) < 4.78 is 6.67. The lowest BCUT2D eigenvalue weighted by Crippen LogP contribution is -2.34. The summed E-state index contributed by atoms with van der Waals surface area (Å²) in [6, 6.07) is 14.1. The van der Waals surface area contributed by atoms with Crippen molar-refractivity contribution in [1.29, 1.82) is 0 Å². The van der Waals surface area contributed by atoms with Crippen LogP contribution in [0.2, 0.25) is 5.02 Å². The zero-order chi connectivity index (χ0) is 21.8. The average Bonchev–Trinajstić information content (AvgIpc) is 3.26. The maximum Gasteiger partial charge on any atom is 0.262 e. The van der Waals surface area contributed by atoms with Gasteiger partial charge in [0.1, 0.15) is 0 Å². The van der Waals surface area contributed by atoms with Gasteiger partial charge in [-0.15, -0.1) is 0 Å². The number of amides is 1. The largest absolute Gasteiger partial charge is 0.339 e. The molecule has 0 saturated heterocycles. The highest BCUT2D eigenvalue weighted by atomic mass is 35.5. The van der Waals surface area contributed by atoms with E-state index in [0.717, 1.165) is 5.56 Å². The van der Waals surface area contributed by atoms with E-state index in [-0.39, 0.29) is 30.3 Å². The molecule has 0 aliphatic heterocycles. The molecule has 0 aliphatic rings. The Morgan fingerprint density at radius 3 is 2.68 bits per heavy atom. The molecule has 31 heavy (non-hydrogen) atoms. The molecule has 0 spiro atoms. The van der Waals surface area contributed by atoms with Crippen LogP contribution < -0.4 is 16.4 Å². The molecule has 4 aromatic rings. The third-order valence-corrected chi connectivity index (χ3v) is 4.88. The molecule has 0 bridgehead atoms. The van der Waals surface area contributed by atoms with Crippen molar-refractivity contribution in [1.82, 2.24) is 25.1 Å². The topological polar surface area (TPSA) is 115 Å². The van der Waals surface area contributed by atoms with Gasteiger partial charge in [-0.1, -0.05) is 28.9 Å². The van der Waals surface area contributed by atoms with E-state index >= 15 is 0 Å². The summed E-state index contributed by atoms with van der Waals surface area (Å²) in [4.78, 5) is 33.6. The fourth-order valence-corrected chi connectivity index (χ4v) is 3.16. The van der Waals surface area contributed by atoms with Crippen molar-refractivity contribution < 1.29 is 9.32 Å². The molecule has 0 aliphatic carbocycles. The molecule has 9 nitrogen and oxygen atoms in total. The summed E-state index contributed by atoms with van der Waals surface area (Å²) in [5, 5.41) is 5.06. The predicted molar refractivity (Wildman–Crippen MR) is 117 cm³/mol. The SMILES string of the molecule is CCn1c(NNC(=O)CCc2nc(-c3ccc(Cl)cc3)no2)nc2ccccc2c1=O. The number of para-hydroxylation sites is 1. The van der Waals surface area contributed by atoms with Gasteiger partial charge in [-0.25, -0.2) is 4.98 Å². The van der Waals surface area contributed by atoms with E-state index in [1.165, 1.54) is 4.57 Å². The minimum absolute atomic E-state index is 0.110. The number of nitrogens with one attached hydrogen (secondary N) is 2. The molecule has 0 saturated carbocycles. The lowest BCUT2D eigenvalue weighted by atomic mass is 10.2. The molecule has 2 aromatic carbocycles. The quantitative estimate of drug-likeness (QED) is 0.426. The van der Waals surface area contributed by atoms with Crippen molar-refractivity contribution in [2.45, 2.75) is 26.3 Å². The predicted octanol–water partition coefficient (Wildman–Crippen LogP) is 3.20. The van der Waals surface area contributed by atoms with Gasteiger partial charge >= 0.3 is 0 Å². The summed E-state index contributed by atoms with van der Waals surface area (Å²) in [6.45, 7) is 2.24. The normalized spacial score (nSPS) is 10.9. The summed E-state index contributed by atoms with van der Waals surface area (Å²) in [5.41, 5.74) is 6.45. The Kier molecular flexibility index (Phi) is 5.94. The van der Waals surface area contributed by atoms with Gasteiger partial charge in [0.05, 0.1) is 10.9 Å². The molecule has 0 unspecified atom stereocenters. The summed E-state index contributed by atoms with van der Waals surface area (Å²) in [6.07, 6.45) is 0.374. The Morgan fingerprint density at radius 1 is 1.13 bits per heavy atom. The van der Waals surface area contributed by atoms with Crippen LogP contribution in [0.15, 0.2) is 57.8 Å². The van der Waals surface area contributed by atoms with Crippen LogP contribution in [-0.4, -0.2) is 25.6 Å². The lowest BCUT2D eigenvalue weighted by molar-refractivity contribution is -0.120. The highest BCUT2D eigenvalue weighted by Crippen LogP contribution is 2.19. The number of hydrogen-bond acceptors (Lipinski definition) is 7. The van der Waals surface area contributed by atoms with Gasteiger partial charge < -0.3 is 4.52 Å². The second-order valence-electron chi connectivity index (χ2n) is 6.69. The van der Waals surface area contributed by atoms with Crippen LogP contribution in [0.3, 0.4) is 0 Å². The molecular weight excluding hydrogens is 420 g/mol. The Labute approximate surface area is 182 Å². The van der Waals surface area contributed by atoms with Gasteiger partial charge in [0.25, 0.3) is 5.56 Å². The number of anilines is 1. The number of rotatable bonds is 7. The Bertz CT molecular complexity index is 1280. The van der Waals surface area contributed by atoms with Crippen LogP contribution in [0.25, 0.3) is 22.3 Å². The third kappa shape index (κ3) is 4.56. The maximum atomic E-state index is 12.6. The van der Waals surface area contributed by atoms with E-state index in [2.05, 4.69) is 26.0 Å². The standard InChI is InChI=1S/C21H19ClN6O3/c1-2-28-20(30)15-5-3-4-6-16(15)23-21(28)26-25-17(29)11-12-18-24-19(27-31-18)13-7-9-14(22)10-8-13/h3-10H,2,11-12H2,1H3,(H,23,26)(H,25,29). The highest BCUT2D eigenvalue weighted by molar-refractivity contribution is 6.30. The van der Waals surface area contributed by atoms with Crippen LogP contribution in [0.1, 0.15) is 19.2 Å². The molecule has 0 radical (unpaired) electrons. The fraction of sp³-hybridized carbons (Fsp3) is 0.190. The second-order valence-corrected chi connectivity index (χ2v) is 7.13. The first-order valence-corrected chi connectivity index (χ1v) is 10.1. The number of aromatic nitrogens is 4. The first-order chi connectivity index (χ1) is 15.0. The minimum atomic E-state index is -0.309. The van der Waals surface area contributed by atoms with Crippen molar-refractivity contribution in [3.63, 3.8) is 0 Å². The number of carbonyl (C=O) groups is 1. The first-order valence-electron chi connectivity index (χ1n) is 9.68. The molecule has 2 N–H and O–H groups in total. The van der Waals surface area contributed by atoms with E-state index in [9.17, 15) is 9.59 Å². The molecule has 1 amide bonds. The fourth-order valence-electron chi connectivity index (χ4n) is 3.04. The number of halogens is 1. The van der Waals surface area contributed by atoms with Crippen LogP contribution in [0.4, 0.5) is 5.95 Å². The number of hydrogen-bond donors (Lipinski definition) is 2. The van der Waals surface area contributed by atoms with Gasteiger partial charge in [0.15, 0.2) is 0 Å². The number of nitrogens with zero attached hydrogens (tertiary/aromatic N) is 4. The minimum Gasteiger partial charge on any atom is -0.339 e. The molecule has 4 rings (SSSR count). The van der Waals surface area contributed by atoms with Gasteiger partial charge in [-0.3, -0.25) is 25.0 Å². The zero-order valence-electron chi connectivity index (χ0n) is 16.6. The number of hydrazine groups is 1. The Hall–Kier alpha value is -3.72. The van der Waals surface area contributed by atoms with Crippen LogP contribution in [-0.2, 0) is 17.8 Å². The Balaban J connectivity index is 1.38. The molecule has 0 atom stereocenters. The number of fused-ring (bicyclic) bond motifs is 1. The molecule has 0 fully saturated rings. The molecule has 158 valence electrons. The zero-order valence-corrected chi connectivity index (χ0v) is 17.4. The van der Waals surface area contributed by atoms with Crippen molar-refractivity contribution >= 4 is 34.4 Å². The van der Waals surface area contributed by atoms with Crippen molar-refractivity contribution in [3.05, 3.63) is 69.8 Å². The van der Waals surface area contributed by atoms with E-state index in [4.69, 9.17) is 16.1 Å². The van der Waals surface area contributed by atoms with Gasteiger partial charge in [0.2, 0.25) is 23.6 Å². The van der Waals surface area contributed by atoms with Gasteiger partial charge in [0, 0.05) is 30.0 Å². The maximum absolute atomic E-state index is 12.6. The van der Waals surface area contributed by atoms with E-state index in [0.29, 0.717) is 34.2 Å². The van der Waals surface area contributed by atoms with Gasteiger partial charge in [-0.2, -0.15) is 4.98 Å². The van der Waals surface area contributed by atoms with E-state index in [1.807, 2.05) is 6.92 Å². The van der Waals surface area contributed by atoms with Crippen molar-refractivity contribution in [2.24, 2.45) is 0 Å². The highest BCUT2D eigenvalue weighted by Gasteiger charge is 2.13. The molecule has 2 heterocycles. The smallest absolute Gasteiger partial charge is 0.262 e. The van der Waals surface area contributed by atoms with Crippen LogP contribution in [0.5, 0.6) is 0 Å². The average molecular weight is 439 g/mol. The van der Waals surface area contributed by atoms with Crippen molar-refractivity contribution in [3.8, 4) is 11.4 Å². The Morgan fingerprint density at radius 2 is 1.90 bits per heavy atom. The summed E-state index contributed by atoms with van der Waals surface area (Å²) >= 11 is 5.88. The summed E-state index contributed by atoms with van der Waals surface area (Å²) in [5.74, 6) is 0.727.